The van der Waals surface area contributed by atoms with Crippen molar-refractivity contribution in [2.45, 2.75) is 35.5 Å². The van der Waals surface area contributed by atoms with Gasteiger partial charge in [0, 0.05) is 15.8 Å². The standard InChI is InChI=1S/C13H18BrNO3S2/c1-19-13(5-2-6-13)9-15-20(17,18)12-4-3-10(8-16)7-11(12)14/h3-4,7,15-16H,2,5-6,8-9H2,1H3. The Morgan fingerprint density at radius 3 is 2.60 bits per heavy atom. The summed E-state index contributed by atoms with van der Waals surface area (Å²) in [7, 11) is -3.53. The SMILES string of the molecule is CSC1(CNS(=O)(=O)c2ccc(CO)cc2Br)CCC1. The summed E-state index contributed by atoms with van der Waals surface area (Å²) in [4.78, 5) is 0.213. The lowest BCUT2D eigenvalue weighted by atomic mass is 9.84. The molecule has 1 aromatic carbocycles. The van der Waals surface area contributed by atoms with Crippen LogP contribution in [0.25, 0.3) is 0 Å². The molecule has 1 aliphatic rings. The summed E-state index contributed by atoms with van der Waals surface area (Å²) >= 11 is 4.99. The van der Waals surface area contributed by atoms with Crippen molar-refractivity contribution >= 4 is 37.7 Å². The average Bonchev–Trinajstić information content (AvgIpc) is 2.37. The van der Waals surface area contributed by atoms with E-state index in [-0.39, 0.29) is 16.2 Å². The van der Waals surface area contributed by atoms with E-state index in [0.717, 1.165) is 19.3 Å². The molecule has 1 aromatic rings. The zero-order chi connectivity index (χ0) is 14.8. The van der Waals surface area contributed by atoms with Gasteiger partial charge in [0.2, 0.25) is 10.0 Å². The van der Waals surface area contributed by atoms with Crippen molar-refractivity contribution in [2.24, 2.45) is 0 Å². The van der Waals surface area contributed by atoms with Crippen molar-refractivity contribution in [1.29, 1.82) is 0 Å². The highest BCUT2D eigenvalue weighted by molar-refractivity contribution is 9.10. The van der Waals surface area contributed by atoms with Crippen LogP contribution in [0.3, 0.4) is 0 Å². The minimum atomic E-state index is -3.53. The van der Waals surface area contributed by atoms with Gasteiger partial charge in [0.05, 0.1) is 11.5 Å². The smallest absolute Gasteiger partial charge is 0.241 e. The molecule has 0 aliphatic heterocycles. The Kier molecular flexibility index (Phi) is 5.18. The van der Waals surface area contributed by atoms with Gasteiger partial charge >= 0.3 is 0 Å². The molecule has 0 amide bonds. The Bertz CT molecular complexity index is 580. The van der Waals surface area contributed by atoms with Crippen molar-refractivity contribution in [3.05, 3.63) is 28.2 Å². The van der Waals surface area contributed by atoms with Crippen LogP contribution < -0.4 is 4.72 Å². The molecule has 2 N–H and O–H groups in total. The topological polar surface area (TPSA) is 66.4 Å². The van der Waals surface area contributed by atoms with Crippen molar-refractivity contribution < 1.29 is 13.5 Å². The number of sulfonamides is 1. The Labute approximate surface area is 132 Å². The molecule has 1 fully saturated rings. The van der Waals surface area contributed by atoms with Crippen molar-refractivity contribution in [1.82, 2.24) is 4.72 Å². The fraction of sp³-hybridized carbons (Fsp3) is 0.538. The minimum Gasteiger partial charge on any atom is -0.392 e. The Morgan fingerprint density at radius 1 is 1.45 bits per heavy atom. The van der Waals surface area contributed by atoms with E-state index in [0.29, 0.717) is 16.6 Å². The van der Waals surface area contributed by atoms with Gasteiger partial charge in [0.1, 0.15) is 0 Å². The molecular weight excluding hydrogens is 362 g/mol. The molecule has 0 aromatic heterocycles. The number of thioether (sulfide) groups is 1. The van der Waals surface area contributed by atoms with E-state index in [1.165, 1.54) is 6.07 Å². The largest absolute Gasteiger partial charge is 0.392 e. The molecule has 1 saturated carbocycles. The molecule has 0 spiro atoms. The molecule has 0 heterocycles. The van der Waals surface area contributed by atoms with Gasteiger partial charge < -0.3 is 5.11 Å². The molecule has 4 nitrogen and oxygen atoms in total. The van der Waals surface area contributed by atoms with Gasteiger partial charge in [0.25, 0.3) is 0 Å². The normalized spacial score (nSPS) is 17.8. The number of rotatable bonds is 6. The first kappa shape index (κ1) is 16.3. The van der Waals surface area contributed by atoms with Gasteiger partial charge in [-0.1, -0.05) is 12.5 Å². The number of benzene rings is 1. The predicted molar refractivity (Wildman–Crippen MR) is 85.4 cm³/mol. The summed E-state index contributed by atoms with van der Waals surface area (Å²) in [5, 5.41) is 9.05. The fourth-order valence-corrected chi connectivity index (χ4v) is 5.44. The van der Waals surface area contributed by atoms with Crippen molar-refractivity contribution in [3.8, 4) is 0 Å². The molecule has 0 bridgehead atoms. The Balaban J connectivity index is 2.14. The Hall–Kier alpha value is -0.0800. The lowest BCUT2D eigenvalue weighted by Crippen LogP contribution is -2.45. The van der Waals surface area contributed by atoms with Crippen molar-refractivity contribution in [2.75, 3.05) is 12.8 Å². The first-order valence-electron chi connectivity index (χ1n) is 6.36. The number of aliphatic hydroxyl groups is 1. The van der Waals surface area contributed by atoms with E-state index < -0.39 is 10.0 Å². The van der Waals surface area contributed by atoms with Crippen LogP contribution >= 0.6 is 27.7 Å². The summed E-state index contributed by atoms with van der Waals surface area (Å²) in [5.41, 5.74) is 0.676. The fourth-order valence-electron chi connectivity index (χ4n) is 2.19. The number of aliphatic hydroxyl groups excluding tert-OH is 1. The van der Waals surface area contributed by atoms with Gasteiger partial charge in [-0.3, -0.25) is 0 Å². The maximum atomic E-state index is 12.3. The number of halogens is 1. The third-order valence-electron chi connectivity index (χ3n) is 3.75. The summed E-state index contributed by atoms with van der Waals surface area (Å²) in [6.07, 6.45) is 5.31. The van der Waals surface area contributed by atoms with Gasteiger partial charge in [0.15, 0.2) is 0 Å². The van der Waals surface area contributed by atoms with E-state index >= 15 is 0 Å². The Morgan fingerprint density at radius 2 is 2.15 bits per heavy atom. The zero-order valence-electron chi connectivity index (χ0n) is 11.2. The molecule has 7 heteroatoms. The monoisotopic (exact) mass is 379 g/mol. The number of hydrogen-bond acceptors (Lipinski definition) is 4. The molecular formula is C13H18BrNO3S2. The van der Waals surface area contributed by atoms with Crippen LogP contribution in [0.2, 0.25) is 0 Å². The average molecular weight is 380 g/mol. The molecule has 0 atom stereocenters. The summed E-state index contributed by atoms with van der Waals surface area (Å²) in [6.45, 7) is 0.354. The quantitative estimate of drug-likeness (QED) is 0.796. The molecule has 1 aliphatic carbocycles. The van der Waals surface area contributed by atoms with Crippen LogP contribution in [0.4, 0.5) is 0 Å². The summed E-state index contributed by atoms with van der Waals surface area (Å²) in [5.74, 6) is 0. The highest BCUT2D eigenvalue weighted by atomic mass is 79.9. The summed E-state index contributed by atoms with van der Waals surface area (Å²) < 4.78 is 27.9. The molecule has 20 heavy (non-hydrogen) atoms. The van der Waals surface area contributed by atoms with E-state index in [4.69, 9.17) is 5.11 Å². The molecule has 2 rings (SSSR count). The minimum absolute atomic E-state index is 0.0601. The highest BCUT2D eigenvalue weighted by Crippen LogP contribution is 2.42. The van der Waals surface area contributed by atoms with Gasteiger partial charge in [-0.05, 0) is 52.7 Å². The molecule has 0 saturated heterocycles. The number of nitrogens with one attached hydrogen (secondary N) is 1. The maximum Gasteiger partial charge on any atom is 0.241 e. The molecule has 112 valence electrons. The second-order valence-electron chi connectivity index (χ2n) is 4.99. The lowest BCUT2D eigenvalue weighted by Gasteiger charge is -2.40. The third-order valence-corrected chi connectivity index (χ3v) is 7.55. The van der Waals surface area contributed by atoms with Gasteiger partial charge in [-0.2, -0.15) is 11.8 Å². The van der Waals surface area contributed by atoms with E-state index in [2.05, 4.69) is 20.7 Å². The lowest BCUT2D eigenvalue weighted by molar-refractivity contribution is 0.281. The zero-order valence-corrected chi connectivity index (χ0v) is 14.4. The van der Waals surface area contributed by atoms with E-state index in [1.807, 2.05) is 6.26 Å². The predicted octanol–water partition coefficient (Wildman–Crippen LogP) is 2.51. The summed E-state index contributed by atoms with van der Waals surface area (Å²) in [6, 6.07) is 4.76. The maximum absolute atomic E-state index is 12.3. The van der Waals surface area contributed by atoms with Crippen LogP contribution in [0, 0.1) is 0 Å². The number of hydrogen-bond donors (Lipinski definition) is 2. The first-order chi connectivity index (χ1) is 9.42. The molecule has 0 unspecified atom stereocenters. The van der Waals surface area contributed by atoms with E-state index in [1.54, 1.807) is 23.9 Å². The van der Waals surface area contributed by atoms with Crippen LogP contribution in [-0.2, 0) is 16.6 Å². The van der Waals surface area contributed by atoms with Crippen LogP contribution in [0.1, 0.15) is 24.8 Å². The first-order valence-corrected chi connectivity index (χ1v) is 9.87. The third kappa shape index (κ3) is 3.39. The second kappa shape index (κ2) is 6.36. The van der Waals surface area contributed by atoms with E-state index in [9.17, 15) is 8.42 Å². The van der Waals surface area contributed by atoms with Crippen molar-refractivity contribution in [3.63, 3.8) is 0 Å². The van der Waals surface area contributed by atoms with Gasteiger partial charge in [-0.15, -0.1) is 0 Å². The second-order valence-corrected chi connectivity index (χ2v) is 8.85. The highest BCUT2D eigenvalue weighted by Gasteiger charge is 2.37. The van der Waals surface area contributed by atoms with Crippen LogP contribution in [0.5, 0.6) is 0 Å². The molecule has 0 radical (unpaired) electrons. The van der Waals surface area contributed by atoms with Gasteiger partial charge in [-0.25, -0.2) is 13.1 Å². The van der Waals surface area contributed by atoms with Crippen LogP contribution in [-0.4, -0.2) is 31.1 Å². The van der Waals surface area contributed by atoms with Crippen LogP contribution in [0.15, 0.2) is 27.6 Å².